The number of ether oxygens (including phenoxy) is 3. The zero-order valence-corrected chi connectivity index (χ0v) is 11.3. The Labute approximate surface area is 104 Å². The van der Waals surface area contributed by atoms with Gasteiger partial charge in [0, 0.05) is 20.3 Å². The number of carbonyl (C=O) groups is 1. The molecule has 0 aliphatic heterocycles. The SMILES string of the molecule is CCOC(=O)/C=C/C[C@H](C)CCC(OC)OC. The Morgan fingerprint density at radius 2 is 1.88 bits per heavy atom. The van der Waals surface area contributed by atoms with E-state index in [0.29, 0.717) is 12.5 Å². The normalized spacial score (nSPS) is 13.2. The lowest BCUT2D eigenvalue weighted by Crippen LogP contribution is -2.13. The van der Waals surface area contributed by atoms with Crippen LogP contribution < -0.4 is 0 Å². The number of hydrogen-bond donors (Lipinski definition) is 0. The van der Waals surface area contributed by atoms with Crippen LogP contribution in [0.25, 0.3) is 0 Å². The molecule has 0 rings (SSSR count). The number of carbonyl (C=O) groups excluding carboxylic acids is 1. The molecule has 0 aromatic carbocycles. The van der Waals surface area contributed by atoms with Gasteiger partial charge in [0.05, 0.1) is 6.61 Å². The topological polar surface area (TPSA) is 44.8 Å². The third kappa shape index (κ3) is 8.89. The second kappa shape index (κ2) is 10.3. The summed E-state index contributed by atoms with van der Waals surface area (Å²) in [6.07, 6.45) is 5.94. The molecule has 0 bridgehead atoms. The van der Waals surface area contributed by atoms with Crippen molar-refractivity contribution in [2.75, 3.05) is 20.8 Å². The van der Waals surface area contributed by atoms with Crippen molar-refractivity contribution in [2.24, 2.45) is 5.92 Å². The molecule has 0 heterocycles. The van der Waals surface area contributed by atoms with E-state index in [1.165, 1.54) is 6.08 Å². The summed E-state index contributed by atoms with van der Waals surface area (Å²) in [5.41, 5.74) is 0. The van der Waals surface area contributed by atoms with Gasteiger partial charge in [0.25, 0.3) is 0 Å². The summed E-state index contributed by atoms with van der Waals surface area (Å²) in [6, 6.07) is 0. The molecule has 0 spiro atoms. The molecule has 0 amide bonds. The van der Waals surface area contributed by atoms with Gasteiger partial charge in [0.1, 0.15) is 0 Å². The minimum absolute atomic E-state index is 0.133. The molecule has 17 heavy (non-hydrogen) atoms. The highest BCUT2D eigenvalue weighted by atomic mass is 16.7. The van der Waals surface area contributed by atoms with Gasteiger partial charge in [-0.3, -0.25) is 0 Å². The molecule has 0 saturated heterocycles. The number of allylic oxidation sites excluding steroid dienone is 1. The first-order valence-corrected chi connectivity index (χ1v) is 6.02. The molecule has 100 valence electrons. The van der Waals surface area contributed by atoms with Crippen molar-refractivity contribution < 1.29 is 19.0 Å². The van der Waals surface area contributed by atoms with Crippen molar-refractivity contribution in [3.63, 3.8) is 0 Å². The fraction of sp³-hybridized carbons (Fsp3) is 0.769. The lowest BCUT2D eigenvalue weighted by Gasteiger charge is -2.15. The highest BCUT2D eigenvalue weighted by molar-refractivity contribution is 5.81. The second-order valence-corrected chi connectivity index (χ2v) is 3.97. The minimum atomic E-state index is -0.272. The average molecular weight is 244 g/mol. The molecule has 0 aromatic rings. The van der Waals surface area contributed by atoms with Crippen LogP contribution in [0.5, 0.6) is 0 Å². The van der Waals surface area contributed by atoms with Crippen molar-refractivity contribution >= 4 is 5.97 Å². The smallest absolute Gasteiger partial charge is 0.330 e. The highest BCUT2D eigenvalue weighted by Crippen LogP contribution is 2.14. The van der Waals surface area contributed by atoms with Gasteiger partial charge in [-0.15, -0.1) is 0 Å². The maximum Gasteiger partial charge on any atom is 0.330 e. The Morgan fingerprint density at radius 3 is 2.41 bits per heavy atom. The summed E-state index contributed by atoms with van der Waals surface area (Å²) < 4.78 is 15.0. The van der Waals surface area contributed by atoms with Gasteiger partial charge < -0.3 is 14.2 Å². The molecule has 0 aromatic heterocycles. The quantitative estimate of drug-likeness (QED) is 0.355. The summed E-state index contributed by atoms with van der Waals surface area (Å²) in [5.74, 6) is 0.222. The predicted octanol–water partition coefficient (Wildman–Crippen LogP) is 2.53. The van der Waals surface area contributed by atoms with Crippen molar-refractivity contribution in [3.05, 3.63) is 12.2 Å². The average Bonchev–Trinajstić information content (AvgIpc) is 2.30. The second-order valence-electron chi connectivity index (χ2n) is 3.97. The third-order valence-corrected chi connectivity index (χ3v) is 2.50. The van der Waals surface area contributed by atoms with Crippen LogP contribution in [0, 0.1) is 5.92 Å². The van der Waals surface area contributed by atoms with Crippen molar-refractivity contribution in [2.45, 2.75) is 39.4 Å². The van der Waals surface area contributed by atoms with Crippen molar-refractivity contribution in [1.82, 2.24) is 0 Å². The van der Waals surface area contributed by atoms with Gasteiger partial charge in [0.15, 0.2) is 6.29 Å². The Hall–Kier alpha value is -0.870. The summed E-state index contributed by atoms with van der Waals surface area (Å²) in [6.45, 7) is 4.35. The van der Waals surface area contributed by atoms with E-state index in [1.54, 1.807) is 21.1 Å². The molecule has 0 fully saturated rings. The third-order valence-electron chi connectivity index (χ3n) is 2.50. The lowest BCUT2D eigenvalue weighted by molar-refractivity contribution is -0.137. The van der Waals surface area contributed by atoms with Crippen LogP contribution in [0.15, 0.2) is 12.2 Å². The van der Waals surface area contributed by atoms with Gasteiger partial charge in [-0.1, -0.05) is 13.0 Å². The van der Waals surface area contributed by atoms with E-state index < -0.39 is 0 Å². The Kier molecular flexibility index (Phi) is 9.77. The van der Waals surface area contributed by atoms with Gasteiger partial charge >= 0.3 is 5.97 Å². The monoisotopic (exact) mass is 244 g/mol. The fourth-order valence-electron chi connectivity index (χ4n) is 1.46. The van der Waals surface area contributed by atoms with E-state index in [1.807, 2.05) is 6.08 Å². The molecule has 0 aliphatic carbocycles. The Morgan fingerprint density at radius 1 is 1.24 bits per heavy atom. The van der Waals surface area contributed by atoms with Crippen molar-refractivity contribution in [3.8, 4) is 0 Å². The van der Waals surface area contributed by atoms with Crippen LogP contribution in [0.3, 0.4) is 0 Å². The summed E-state index contributed by atoms with van der Waals surface area (Å²) in [7, 11) is 3.28. The summed E-state index contributed by atoms with van der Waals surface area (Å²) in [4.78, 5) is 11.0. The fourth-order valence-corrected chi connectivity index (χ4v) is 1.46. The number of esters is 1. The van der Waals surface area contributed by atoms with Crippen LogP contribution in [-0.4, -0.2) is 33.1 Å². The van der Waals surface area contributed by atoms with Gasteiger partial charge in [-0.2, -0.15) is 0 Å². The molecule has 0 N–H and O–H groups in total. The molecule has 0 radical (unpaired) electrons. The first-order valence-electron chi connectivity index (χ1n) is 6.02. The molecule has 0 unspecified atom stereocenters. The molecule has 1 atom stereocenters. The number of methoxy groups -OCH3 is 2. The molecular formula is C13H24O4. The summed E-state index contributed by atoms with van der Waals surface area (Å²) in [5, 5.41) is 0. The van der Waals surface area contributed by atoms with Gasteiger partial charge in [-0.05, 0) is 32.1 Å². The van der Waals surface area contributed by atoms with Crippen LogP contribution in [-0.2, 0) is 19.0 Å². The summed E-state index contributed by atoms with van der Waals surface area (Å²) >= 11 is 0. The largest absolute Gasteiger partial charge is 0.463 e. The highest BCUT2D eigenvalue weighted by Gasteiger charge is 2.08. The lowest BCUT2D eigenvalue weighted by atomic mass is 10.0. The van der Waals surface area contributed by atoms with E-state index in [4.69, 9.17) is 14.2 Å². The first-order chi connectivity index (χ1) is 8.13. The van der Waals surface area contributed by atoms with Crippen LogP contribution >= 0.6 is 0 Å². The molecular weight excluding hydrogens is 220 g/mol. The standard InChI is InChI=1S/C13H24O4/c1-5-17-12(14)8-6-7-11(2)9-10-13(15-3)16-4/h6,8,11,13H,5,7,9-10H2,1-4H3/b8-6+/t11-/m0/s1. The zero-order valence-electron chi connectivity index (χ0n) is 11.3. The predicted molar refractivity (Wildman–Crippen MR) is 66.6 cm³/mol. The van der Waals surface area contributed by atoms with Crippen LogP contribution in [0.2, 0.25) is 0 Å². The Bertz CT molecular complexity index is 221. The minimum Gasteiger partial charge on any atom is -0.463 e. The maximum atomic E-state index is 11.0. The molecule has 0 aliphatic rings. The molecule has 4 heteroatoms. The maximum absolute atomic E-state index is 11.0. The number of hydrogen-bond acceptors (Lipinski definition) is 4. The Balaban J connectivity index is 3.71. The van der Waals surface area contributed by atoms with E-state index >= 15 is 0 Å². The molecule has 0 saturated carbocycles. The van der Waals surface area contributed by atoms with Crippen LogP contribution in [0.4, 0.5) is 0 Å². The van der Waals surface area contributed by atoms with Crippen LogP contribution in [0.1, 0.15) is 33.1 Å². The van der Waals surface area contributed by atoms with Gasteiger partial charge in [0.2, 0.25) is 0 Å². The zero-order chi connectivity index (χ0) is 13.1. The van der Waals surface area contributed by atoms with E-state index in [2.05, 4.69) is 6.92 Å². The molecule has 4 nitrogen and oxygen atoms in total. The van der Waals surface area contributed by atoms with Gasteiger partial charge in [-0.25, -0.2) is 4.79 Å². The van der Waals surface area contributed by atoms with Crippen molar-refractivity contribution in [1.29, 1.82) is 0 Å². The van der Waals surface area contributed by atoms with E-state index in [9.17, 15) is 4.79 Å². The van der Waals surface area contributed by atoms with E-state index in [0.717, 1.165) is 19.3 Å². The van der Waals surface area contributed by atoms with E-state index in [-0.39, 0.29) is 12.3 Å². The number of rotatable bonds is 9. The first kappa shape index (κ1) is 16.1.